The van der Waals surface area contributed by atoms with Gasteiger partial charge in [-0.3, -0.25) is 9.20 Å². The van der Waals surface area contributed by atoms with Gasteiger partial charge in [0.05, 0.1) is 6.04 Å². The van der Waals surface area contributed by atoms with Crippen molar-refractivity contribution in [2.75, 3.05) is 12.0 Å². The Kier molecular flexibility index (Phi) is 6.47. The summed E-state index contributed by atoms with van der Waals surface area (Å²) in [6.45, 7) is 0. The molecule has 0 saturated heterocycles. The Hall–Kier alpha value is -1.86. The summed E-state index contributed by atoms with van der Waals surface area (Å²) in [7, 11) is 0. The molecular formula is C18H22N4OS2. The lowest BCUT2D eigenvalue weighted by Gasteiger charge is -2.17. The minimum atomic E-state index is -0.112. The molecule has 0 saturated carbocycles. The second kappa shape index (κ2) is 9.01. The van der Waals surface area contributed by atoms with E-state index in [2.05, 4.69) is 39.3 Å². The Morgan fingerprint density at radius 2 is 2.24 bits per heavy atom. The molecule has 0 aliphatic carbocycles. The predicted octanol–water partition coefficient (Wildman–Crippen LogP) is 3.72. The highest BCUT2D eigenvalue weighted by atomic mass is 32.2. The van der Waals surface area contributed by atoms with Gasteiger partial charge in [0.1, 0.15) is 0 Å². The first-order valence-corrected chi connectivity index (χ1v) is 10.7. The molecule has 7 heteroatoms. The minimum absolute atomic E-state index is 0.0790. The van der Waals surface area contributed by atoms with Crippen LogP contribution in [0.4, 0.5) is 0 Å². The van der Waals surface area contributed by atoms with Gasteiger partial charge in [0.2, 0.25) is 5.91 Å². The molecule has 3 aromatic rings. The van der Waals surface area contributed by atoms with E-state index in [1.807, 2.05) is 28.8 Å². The van der Waals surface area contributed by atoms with Crippen molar-refractivity contribution >= 4 is 34.7 Å². The summed E-state index contributed by atoms with van der Waals surface area (Å²) in [5, 5.41) is 13.7. The monoisotopic (exact) mass is 374 g/mol. The zero-order valence-electron chi connectivity index (χ0n) is 14.2. The number of hydrogen-bond acceptors (Lipinski definition) is 5. The SMILES string of the molecule is CSCCC(NC(=O)CCCc1cccs1)c1nnc2ccccn12. The van der Waals surface area contributed by atoms with Gasteiger partial charge in [-0.25, -0.2) is 0 Å². The zero-order valence-corrected chi connectivity index (χ0v) is 15.9. The van der Waals surface area contributed by atoms with Crippen molar-refractivity contribution in [1.29, 1.82) is 0 Å². The van der Waals surface area contributed by atoms with E-state index < -0.39 is 0 Å². The molecule has 1 amide bonds. The van der Waals surface area contributed by atoms with Crippen molar-refractivity contribution in [3.8, 4) is 0 Å². The largest absolute Gasteiger partial charge is 0.346 e. The standard InChI is InChI=1S/C18H22N4OS2/c1-24-13-10-15(18-21-20-16-8-2-3-11-22(16)18)19-17(23)9-4-6-14-7-5-12-25-14/h2-3,5,7-8,11-12,15H,4,6,9-10,13H2,1H3,(H,19,23). The van der Waals surface area contributed by atoms with Crippen LogP contribution in [0.1, 0.15) is 36.0 Å². The van der Waals surface area contributed by atoms with Gasteiger partial charge in [-0.1, -0.05) is 12.1 Å². The van der Waals surface area contributed by atoms with Gasteiger partial charge in [-0.15, -0.1) is 21.5 Å². The van der Waals surface area contributed by atoms with E-state index in [0.29, 0.717) is 6.42 Å². The van der Waals surface area contributed by atoms with Gasteiger partial charge in [-0.05, 0) is 54.9 Å². The molecule has 1 N–H and O–H groups in total. The molecule has 132 valence electrons. The molecule has 3 rings (SSSR count). The van der Waals surface area contributed by atoms with Crippen molar-refractivity contribution in [3.63, 3.8) is 0 Å². The number of carbonyl (C=O) groups is 1. The van der Waals surface area contributed by atoms with Crippen molar-refractivity contribution < 1.29 is 4.79 Å². The van der Waals surface area contributed by atoms with Gasteiger partial charge in [0.25, 0.3) is 0 Å². The van der Waals surface area contributed by atoms with Gasteiger partial charge >= 0.3 is 0 Å². The van der Waals surface area contributed by atoms with Crippen molar-refractivity contribution in [3.05, 3.63) is 52.6 Å². The van der Waals surface area contributed by atoms with Gasteiger partial charge in [0.15, 0.2) is 11.5 Å². The van der Waals surface area contributed by atoms with E-state index in [1.165, 1.54) is 4.88 Å². The van der Waals surface area contributed by atoms with Gasteiger partial charge in [0, 0.05) is 17.5 Å². The highest BCUT2D eigenvalue weighted by Crippen LogP contribution is 2.19. The molecule has 0 aliphatic rings. The molecular weight excluding hydrogens is 352 g/mol. The lowest BCUT2D eigenvalue weighted by molar-refractivity contribution is -0.122. The number of hydrogen-bond donors (Lipinski definition) is 1. The number of nitrogens with one attached hydrogen (secondary N) is 1. The second-order valence-corrected chi connectivity index (χ2v) is 7.84. The third kappa shape index (κ3) is 4.83. The fraction of sp³-hybridized carbons (Fsp3) is 0.389. The topological polar surface area (TPSA) is 59.3 Å². The molecule has 5 nitrogen and oxygen atoms in total. The van der Waals surface area contributed by atoms with E-state index in [0.717, 1.165) is 36.5 Å². The molecule has 25 heavy (non-hydrogen) atoms. The Labute approximate surface area is 155 Å². The van der Waals surface area contributed by atoms with E-state index in [1.54, 1.807) is 23.1 Å². The van der Waals surface area contributed by atoms with Crippen LogP contribution in [0.2, 0.25) is 0 Å². The van der Waals surface area contributed by atoms with E-state index in [9.17, 15) is 4.79 Å². The lowest BCUT2D eigenvalue weighted by Crippen LogP contribution is -2.30. The number of carbonyl (C=O) groups excluding carboxylic acids is 1. The number of aromatic nitrogens is 3. The van der Waals surface area contributed by atoms with Crippen molar-refractivity contribution in [2.24, 2.45) is 0 Å². The summed E-state index contributed by atoms with van der Waals surface area (Å²) in [6.07, 6.45) is 7.20. The first-order valence-electron chi connectivity index (χ1n) is 8.38. The predicted molar refractivity (Wildman–Crippen MR) is 104 cm³/mol. The summed E-state index contributed by atoms with van der Waals surface area (Å²) in [5.41, 5.74) is 0.804. The maximum absolute atomic E-state index is 12.4. The summed E-state index contributed by atoms with van der Waals surface area (Å²) >= 11 is 3.51. The molecule has 0 aliphatic heterocycles. The first kappa shape index (κ1) is 17.9. The lowest BCUT2D eigenvalue weighted by atomic mass is 10.1. The van der Waals surface area contributed by atoms with Crippen LogP contribution in [0.3, 0.4) is 0 Å². The number of amides is 1. The van der Waals surface area contributed by atoms with Gasteiger partial charge < -0.3 is 5.32 Å². The average molecular weight is 375 g/mol. The highest BCUT2D eigenvalue weighted by Gasteiger charge is 2.19. The Balaban J connectivity index is 1.63. The molecule has 1 unspecified atom stereocenters. The number of fused-ring (bicyclic) bond motifs is 1. The quantitative estimate of drug-likeness (QED) is 0.620. The van der Waals surface area contributed by atoms with Crippen LogP contribution in [0, 0.1) is 0 Å². The molecule has 3 aromatic heterocycles. The normalized spacial score (nSPS) is 12.4. The molecule has 0 bridgehead atoms. The van der Waals surface area contributed by atoms with Crippen LogP contribution in [0.15, 0.2) is 41.9 Å². The Bertz CT molecular complexity index is 800. The first-order chi connectivity index (χ1) is 12.3. The zero-order chi connectivity index (χ0) is 17.5. The fourth-order valence-electron chi connectivity index (χ4n) is 2.74. The molecule has 0 spiro atoms. The molecule has 0 aromatic carbocycles. The number of thiophene rings is 1. The maximum Gasteiger partial charge on any atom is 0.220 e. The fourth-order valence-corrected chi connectivity index (χ4v) is 3.97. The summed E-state index contributed by atoms with van der Waals surface area (Å²) in [6, 6.07) is 9.87. The van der Waals surface area contributed by atoms with E-state index in [4.69, 9.17) is 0 Å². The van der Waals surface area contributed by atoms with Crippen LogP contribution in [-0.4, -0.2) is 32.5 Å². The van der Waals surface area contributed by atoms with E-state index >= 15 is 0 Å². The number of thioether (sulfide) groups is 1. The van der Waals surface area contributed by atoms with E-state index in [-0.39, 0.29) is 11.9 Å². The minimum Gasteiger partial charge on any atom is -0.346 e. The Morgan fingerprint density at radius 3 is 3.04 bits per heavy atom. The smallest absolute Gasteiger partial charge is 0.220 e. The number of nitrogens with zero attached hydrogens (tertiary/aromatic N) is 3. The third-order valence-electron chi connectivity index (χ3n) is 4.00. The highest BCUT2D eigenvalue weighted by molar-refractivity contribution is 7.98. The number of aryl methyl sites for hydroxylation is 1. The molecule has 3 heterocycles. The van der Waals surface area contributed by atoms with Crippen LogP contribution in [0.5, 0.6) is 0 Å². The maximum atomic E-state index is 12.4. The van der Waals surface area contributed by atoms with Crippen LogP contribution >= 0.6 is 23.1 Å². The Morgan fingerprint density at radius 1 is 1.32 bits per heavy atom. The van der Waals surface area contributed by atoms with Crippen molar-refractivity contribution in [1.82, 2.24) is 19.9 Å². The molecule has 1 atom stereocenters. The molecule has 0 radical (unpaired) electrons. The van der Waals surface area contributed by atoms with Crippen molar-refractivity contribution in [2.45, 2.75) is 31.7 Å². The van der Waals surface area contributed by atoms with Crippen LogP contribution < -0.4 is 5.32 Å². The third-order valence-corrected chi connectivity index (χ3v) is 5.58. The van der Waals surface area contributed by atoms with Crippen LogP contribution in [-0.2, 0) is 11.2 Å². The molecule has 0 fully saturated rings. The summed E-state index contributed by atoms with van der Waals surface area (Å²) in [5.74, 6) is 1.84. The second-order valence-electron chi connectivity index (χ2n) is 5.82. The number of pyridine rings is 1. The van der Waals surface area contributed by atoms with Gasteiger partial charge in [-0.2, -0.15) is 11.8 Å². The number of rotatable bonds is 9. The van der Waals surface area contributed by atoms with Crippen LogP contribution in [0.25, 0.3) is 5.65 Å². The summed E-state index contributed by atoms with van der Waals surface area (Å²) < 4.78 is 1.96. The average Bonchev–Trinajstić information content (AvgIpc) is 3.28. The summed E-state index contributed by atoms with van der Waals surface area (Å²) in [4.78, 5) is 13.7.